The molecule has 0 saturated heterocycles. The Kier molecular flexibility index (Phi) is 5.86. The zero-order valence-corrected chi connectivity index (χ0v) is 20.6. The van der Waals surface area contributed by atoms with Gasteiger partial charge in [-0.2, -0.15) is 5.10 Å². The molecule has 6 aromatic rings. The third kappa shape index (κ3) is 4.54. The van der Waals surface area contributed by atoms with E-state index in [4.69, 9.17) is 4.98 Å². The minimum atomic E-state index is -0.315. The normalized spacial score (nSPS) is 11.6. The number of fused-ring (bicyclic) bond motifs is 2. The number of nitrogens with zero attached hydrogens (tertiary/aromatic N) is 4. The predicted octanol–water partition coefficient (Wildman–Crippen LogP) is 5.95. The van der Waals surface area contributed by atoms with Crippen LogP contribution in [0.2, 0.25) is 0 Å². The Hall–Kier alpha value is -4.56. The highest BCUT2D eigenvalue weighted by atomic mass is 19.1. The summed E-state index contributed by atoms with van der Waals surface area (Å²) < 4.78 is 14.6. The quantitative estimate of drug-likeness (QED) is 0.257. The monoisotopic (exact) mass is 491 g/mol. The first-order valence-electron chi connectivity index (χ1n) is 12.1. The smallest absolute Gasteiger partial charge is 0.159 e. The summed E-state index contributed by atoms with van der Waals surface area (Å²) in [5.74, 6) is 0.311. The summed E-state index contributed by atoms with van der Waals surface area (Å²) in [6, 6.07) is 21.4. The fourth-order valence-corrected chi connectivity index (χ4v) is 4.53. The number of hydrogen-bond donors (Lipinski definition) is 3. The molecule has 6 rings (SSSR count). The van der Waals surface area contributed by atoms with Crippen molar-refractivity contribution in [2.45, 2.75) is 0 Å². The Balaban J connectivity index is 1.41. The number of H-pyrrole nitrogens is 2. The number of aromatic amines is 2. The van der Waals surface area contributed by atoms with Crippen LogP contribution in [0.1, 0.15) is 0 Å². The topological polar surface area (TPSA) is 85.5 Å². The number of aromatic nitrogens is 5. The summed E-state index contributed by atoms with van der Waals surface area (Å²) >= 11 is 0. The molecule has 0 unspecified atom stereocenters. The molecule has 0 fully saturated rings. The Bertz CT molecular complexity index is 1700. The molecule has 8 heteroatoms. The molecule has 0 aliphatic rings. The molecule has 184 valence electrons. The third-order valence-corrected chi connectivity index (χ3v) is 6.39. The zero-order valence-electron chi connectivity index (χ0n) is 20.6. The van der Waals surface area contributed by atoms with Crippen molar-refractivity contribution in [3.63, 3.8) is 0 Å². The molecule has 0 bridgehead atoms. The number of likely N-dealkylation sites (N-methyl/N-ethyl adjacent to an activating group) is 1. The lowest BCUT2D eigenvalue weighted by molar-refractivity contribution is 0.425. The number of rotatable bonds is 7. The van der Waals surface area contributed by atoms with E-state index >= 15 is 0 Å². The molecule has 0 radical (unpaired) electrons. The second-order valence-electron chi connectivity index (χ2n) is 9.33. The van der Waals surface area contributed by atoms with Crippen molar-refractivity contribution in [3.8, 4) is 33.8 Å². The molecular formula is C29H26FN7. The van der Waals surface area contributed by atoms with Gasteiger partial charge in [-0.25, -0.2) is 9.37 Å². The minimum Gasteiger partial charge on any atom is -0.384 e. The third-order valence-electron chi connectivity index (χ3n) is 6.39. The van der Waals surface area contributed by atoms with E-state index in [1.54, 1.807) is 12.4 Å². The van der Waals surface area contributed by atoms with Gasteiger partial charge in [-0.3, -0.25) is 10.1 Å². The van der Waals surface area contributed by atoms with E-state index in [2.05, 4.69) is 54.6 Å². The number of anilines is 1. The van der Waals surface area contributed by atoms with Gasteiger partial charge in [0.15, 0.2) is 5.82 Å². The molecule has 37 heavy (non-hydrogen) atoms. The van der Waals surface area contributed by atoms with E-state index < -0.39 is 0 Å². The van der Waals surface area contributed by atoms with Gasteiger partial charge in [0.1, 0.15) is 11.5 Å². The molecule has 0 spiro atoms. The van der Waals surface area contributed by atoms with Crippen molar-refractivity contribution in [1.29, 1.82) is 0 Å². The minimum absolute atomic E-state index is 0.315. The van der Waals surface area contributed by atoms with Gasteiger partial charge in [0.05, 0.1) is 22.7 Å². The van der Waals surface area contributed by atoms with E-state index in [0.29, 0.717) is 23.4 Å². The van der Waals surface area contributed by atoms with Gasteiger partial charge in [-0.1, -0.05) is 36.4 Å². The molecule has 3 aromatic heterocycles. The van der Waals surface area contributed by atoms with Crippen LogP contribution in [0.25, 0.3) is 55.7 Å². The lowest BCUT2D eigenvalue weighted by Gasteiger charge is -2.12. The predicted molar refractivity (Wildman–Crippen MR) is 147 cm³/mol. The summed E-state index contributed by atoms with van der Waals surface area (Å²) in [6.45, 7) is 1.55. The molecule has 0 saturated carbocycles. The first kappa shape index (κ1) is 22.9. The standard InChI is InChI=1S/C29H26FN7/c1-37(2)11-10-32-22-13-20(12-21(30)15-22)24-16-31-17-26-27(24)34-29(33-26)28-23-14-19(8-9-25(23)35-36-28)18-6-4-3-5-7-18/h3-9,12-17,32H,10-11H2,1-2H3,(H,33,34)(H,35,36). The second kappa shape index (κ2) is 9.48. The summed E-state index contributed by atoms with van der Waals surface area (Å²) in [6.07, 6.45) is 3.45. The summed E-state index contributed by atoms with van der Waals surface area (Å²) in [7, 11) is 4.01. The lowest BCUT2D eigenvalue weighted by atomic mass is 10.0. The molecule has 0 aliphatic carbocycles. The Morgan fingerprint density at radius 1 is 0.892 bits per heavy atom. The highest BCUT2D eigenvalue weighted by molar-refractivity contribution is 5.98. The fourth-order valence-electron chi connectivity index (χ4n) is 4.53. The van der Waals surface area contributed by atoms with Gasteiger partial charge in [-0.05, 0) is 61.1 Å². The Morgan fingerprint density at radius 3 is 2.59 bits per heavy atom. The van der Waals surface area contributed by atoms with Crippen LogP contribution in [-0.2, 0) is 0 Å². The first-order valence-corrected chi connectivity index (χ1v) is 12.1. The van der Waals surface area contributed by atoms with E-state index in [1.807, 2.05) is 44.4 Å². The number of imidazole rings is 1. The maximum Gasteiger partial charge on any atom is 0.159 e. The van der Waals surface area contributed by atoms with Crippen molar-refractivity contribution in [2.24, 2.45) is 0 Å². The summed E-state index contributed by atoms with van der Waals surface area (Å²) in [4.78, 5) is 14.7. The van der Waals surface area contributed by atoms with Gasteiger partial charge in [0.2, 0.25) is 0 Å². The van der Waals surface area contributed by atoms with Gasteiger partial charge in [-0.15, -0.1) is 0 Å². The number of pyridine rings is 1. The van der Waals surface area contributed by atoms with Crippen molar-refractivity contribution in [1.82, 2.24) is 30.0 Å². The SMILES string of the molecule is CN(C)CCNc1cc(F)cc(-c2cncc3[nH]c(-c4n[nH]c5ccc(-c6ccccc6)cc45)nc23)c1. The molecule has 0 aliphatic heterocycles. The average Bonchev–Trinajstić information content (AvgIpc) is 3.52. The van der Waals surface area contributed by atoms with Crippen molar-refractivity contribution < 1.29 is 4.39 Å². The highest BCUT2D eigenvalue weighted by Crippen LogP contribution is 2.33. The summed E-state index contributed by atoms with van der Waals surface area (Å²) in [5, 5.41) is 11.9. The molecule has 0 atom stereocenters. The zero-order chi connectivity index (χ0) is 25.4. The number of benzene rings is 3. The van der Waals surface area contributed by atoms with Crippen LogP contribution in [0.15, 0.2) is 79.1 Å². The number of nitrogens with one attached hydrogen (secondary N) is 3. The van der Waals surface area contributed by atoms with Crippen LogP contribution in [0.5, 0.6) is 0 Å². The maximum atomic E-state index is 14.6. The van der Waals surface area contributed by atoms with Crippen LogP contribution in [-0.4, -0.2) is 57.2 Å². The number of hydrogen-bond acceptors (Lipinski definition) is 5. The fraction of sp³-hybridized carbons (Fsp3) is 0.138. The van der Waals surface area contributed by atoms with Gasteiger partial charge >= 0.3 is 0 Å². The van der Waals surface area contributed by atoms with Crippen LogP contribution >= 0.6 is 0 Å². The van der Waals surface area contributed by atoms with Gasteiger partial charge in [0, 0.05) is 35.9 Å². The van der Waals surface area contributed by atoms with Gasteiger partial charge in [0.25, 0.3) is 0 Å². The Labute approximate surface area is 213 Å². The second-order valence-corrected chi connectivity index (χ2v) is 9.33. The molecular weight excluding hydrogens is 465 g/mol. The summed E-state index contributed by atoms with van der Waals surface area (Å²) in [5.41, 5.74) is 7.53. The van der Waals surface area contributed by atoms with E-state index in [-0.39, 0.29) is 5.82 Å². The van der Waals surface area contributed by atoms with E-state index in [0.717, 1.165) is 51.0 Å². The van der Waals surface area contributed by atoms with Crippen molar-refractivity contribution in [3.05, 3.63) is 84.9 Å². The van der Waals surface area contributed by atoms with E-state index in [9.17, 15) is 4.39 Å². The van der Waals surface area contributed by atoms with Crippen LogP contribution in [0.3, 0.4) is 0 Å². The first-order chi connectivity index (χ1) is 18.0. The van der Waals surface area contributed by atoms with Gasteiger partial charge < -0.3 is 15.2 Å². The molecule has 7 nitrogen and oxygen atoms in total. The van der Waals surface area contributed by atoms with Crippen LogP contribution in [0, 0.1) is 5.82 Å². The van der Waals surface area contributed by atoms with Crippen molar-refractivity contribution >= 4 is 27.6 Å². The van der Waals surface area contributed by atoms with Crippen LogP contribution in [0.4, 0.5) is 10.1 Å². The van der Waals surface area contributed by atoms with Crippen molar-refractivity contribution in [2.75, 3.05) is 32.5 Å². The molecule has 3 aromatic carbocycles. The van der Waals surface area contributed by atoms with E-state index in [1.165, 1.54) is 12.1 Å². The molecule has 0 amide bonds. The molecule has 3 N–H and O–H groups in total. The molecule has 3 heterocycles. The van der Waals surface area contributed by atoms with Crippen LogP contribution < -0.4 is 5.32 Å². The maximum absolute atomic E-state index is 14.6. The number of halogens is 1. The average molecular weight is 492 g/mol. The Morgan fingerprint density at radius 2 is 1.76 bits per heavy atom. The largest absolute Gasteiger partial charge is 0.384 e. The highest BCUT2D eigenvalue weighted by Gasteiger charge is 2.17. The lowest BCUT2D eigenvalue weighted by Crippen LogP contribution is -2.20.